The first-order valence-corrected chi connectivity index (χ1v) is 9.25. The fraction of sp³-hybridized carbons (Fsp3) is 0.500. The van der Waals surface area contributed by atoms with Crippen molar-refractivity contribution in [1.82, 2.24) is 14.8 Å². The number of carbonyl (C=O) groups excluding carboxylic acids is 2. The third kappa shape index (κ3) is 2.93. The smallest absolute Gasteiger partial charge is 0.289 e. The van der Waals surface area contributed by atoms with Gasteiger partial charge in [-0.1, -0.05) is 0 Å². The van der Waals surface area contributed by atoms with E-state index in [1.165, 1.54) is 0 Å². The predicted octanol–water partition coefficient (Wildman–Crippen LogP) is 2.74. The maximum Gasteiger partial charge on any atom is 0.289 e. The van der Waals surface area contributed by atoms with Crippen LogP contribution in [0, 0.1) is 12.3 Å². The topological polar surface area (TPSA) is 67.5 Å². The Morgan fingerprint density at radius 3 is 2.50 bits per heavy atom. The fourth-order valence-electron chi connectivity index (χ4n) is 4.26. The predicted molar refractivity (Wildman–Crippen MR) is 96.9 cm³/mol. The van der Waals surface area contributed by atoms with Crippen LogP contribution in [0.5, 0.6) is 0 Å². The van der Waals surface area contributed by atoms with Gasteiger partial charge in [0.05, 0.1) is 5.56 Å². The van der Waals surface area contributed by atoms with E-state index in [0.29, 0.717) is 11.3 Å². The van der Waals surface area contributed by atoms with Gasteiger partial charge in [-0.15, -0.1) is 0 Å². The summed E-state index contributed by atoms with van der Waals surface area (Å²) in [6.07, 6.45) is 7.72. The lowest BCUT2D eigenvalue weighted by Gasteiger charge is -2.54. The van der Waals surface area contributed by atoms with Crippen LogP contribution in [0.3, 0.4) is 0 Å². The number of piperidine rings is 1. The van der Waals surface area contributed by atoms with Crippen LogP contribution in [0.1, 0.15) is 52.4 Å². The monoisotopic (exact) mass is 355 g/mol. The molecule has 4 rings (SSSR count). The molecule has 1 spiro atoms. The molecule has 2 aliphatic rings. The van der Waals surface area contributed by atoms with E-state index < -0.39 is 0 Å². The Morgan fingerprint density at radius 2 is 1.96 bits per heavy atom. The van der Waals surface area contributed by atoms with Crippen molar-refractivity contribution in [3.63, 3.8) is 0 Å². The first-order valence-electron chi connectivity index (χ1n) is 9.25. The maximum atomic E-state index is 12.5. The number of hydrogen-bond donors (Lipinski definition) is 1. The van der Waals surface area contributed by atoms with Gasteiger partial charge in [-0.2, -0.15) is 0 Å². The van der Waals surface area contributed by atoms with E-state index >= 15 is 0 Å². The molecule has 6 nitrogen and oxygen atoms in total. The van der Waals surface area contributed by atoms with Crippen LogP contribution < -0.4 is 5.32 Å². The third-order valence-corrected chi connectivity index (χ3v) is 6.07. The first kappa shape index (κ1) is 16.9. The summed E-state index contributed by atoms with van der Waals surface area (Å²) in [6, 6.07) is 5.61. The van der Waals surface area contributed by atoms with Crippen LogP contribution in [-0.4, -0.2) is 40.4 Å². The standard InChI is InChI=1S/C20H25N3O3/c1-14-3-4-16(26-14)19(25)23-11-8-20(9-12-23)7-5-17(20)21-18(24)15-6-10-22(2)13-15/h3-4,6,10,13,17H,5,7-9,11-12H2,1-2H3,(H,21,24). The lowest BCUT2D eigenvalue weighted by Crippen LogP contribution is -2.59. The summed E-state index contributed by atoms with van der Waals surface area (Å²) in [5.74, 6) is 1.14. The Hall–Kier alpha value is -2.50. The number of nitrogens with zero attached hydrogens (tertiary/aromatic N) is 2. The molecule has 3 heterocycles. The van der Waals surface area contributed by atoms with Crippen LogP contribution in [-0.2, 0) is 7.05 Å². The van der Waals surface area contributed by atoms with Crippen molar-refractivity contribution >= 4 is 11.8 Å². The lowest BCUT2D eigenvalue weighted by molar-refractivity contribution is -0.00319. The van der Waals surface area contributed by atoms with E-state index in [0.717, 1.165) is 44.5 Å². The molecule has 1 unspecified atom stereocenters. The van der Waals surface area contributed by atoms with E-state index in [1.807, 2.05) is 48.0 Å². The number of rotatable bonds is 3. The molecule has 26 heavy (non-hydrogen) atoms. The second-order valence-electron chi connectivity index (χ2n) is 7.70. The zero-order chi connectivity index (χ0) is 18.3. The maximum absolute atomic E-state index is 12.5. The Labute approximate surface area is 153 Å². The number of aryl methyl sites for hydroxylation is 2. The molecule has 1 N–H and O–H groups in total. The van der Waals surface area contributed by atoms with E-state index in [1.54, 1.807) is 6.07 Å². The highest BCUT2D eigenvalue weighted by Gasteiger charge is 2.49. The molecule has 1 aliphatic carbocycles. The van der Waals surface area contributed by atoms with Crippen LogP contribution in [0.2, 0.25) is 0 Å². The van der Waals surface area contributed by atoms with Crippen LogP contribution in [0.25, 0.3) is 0 Å². The molecule has 6 heteroatoms. The van der Waals surface area contributed by atoms with Gasteiger partial charge in [-0.05, 0) is 56.2 Å². The van der Waals surface area contributed by atoms with Crippen molar-refractivity contribution in [2.24, 2.45) is 12.5 Å². The molecule has 0 radical (unpaired) electrons. The molecule has 1 saturated carbocycles. The molecule has 0 bridgehead atoms. The van der Waals surface area contributed by atoms with Crippen LogP contribution in [0.15, 0.2) is 35.0 Å². The van der Waals surface area contributed by atoms with Crippen molar-refractivity contribution in [1.29, 1.82) is 0 Å². The number of furan rings is 1. The normalized spacial score (nSPS) is 21.5. The number of carbonyl (C=O) groups is 2. The van der Waals surface area contributed by atoms with Crippen molar-refractivity contribution in [3.05, 3.63) is 47.7 Å². The molecule has 1 atom stereocenters. The van der Waals surface area contributed by atoms with Gasteiger partial charge in [0.2, 0.25) is 0 Å². The molecule has 1 saturated heterocycles. The summed E-state index contributed by atoms with van der Waals surface area (Å²) in [5.41, 5.74) is 0.843. The number of aromatic nitrogens is 1. The van der Waals surface area contributed by atoms with E-state index in [-0.39, 0.29) is 23.3 Å². The highest BCUT2D eigenvalue weighted by Crippen LogP contribution is 2.49. The fourth-order valence-corrected chi connectivity index (χ4v) is 4.26. The number of amides is 2. The lowest BCUT2D eigenvalue weighted by atomic mass is 9.59. The minimum absolute atomic E-state index is 0.000702. The van der Waals surface area contributed by atoms with Gasteiger partial charge in [0.15, 0.2) is 5.76 Å². The number of likely N-dealkylation sites (tertiary alicyclic amines) is 1. The largest absolute Gasteiger partial charge is 0.456 e. The summed E-state index contributed by atoms with van der Waals surface area (Å²) in [4.78, 5) is 26.9. The Balaban J connectivity index is 1.36. The number of hydrogen-bond acceptors (Lipinski definition) is 3. The Morgan fingerprint density at radius 1 is 1.19 bits per heavy atom. The molecule has 2 amide bonds. The van der Waals surface area contributed by atoms with Crippen molar-refractivity contribution in [3.8, 4) is 0 Å². The first-order chi connectivity index (χ1) is 12.5. The summed E-state index contributed by atoms with van der Waals surface area (Å²) in [7, 11) is 1.91. The van der Waals surface area contributed by atoms with Crippen molar-refractivity contribution < 1.29 is 14.0 Å². The highest BCUT2D eigenvalue weighted by atomic mass is 16.3. The molecule has 138 valence electrons. The SMILES string of the molecule is Cc1ccc(C(=O)N2CCC3(CCC3NC(=O)c3ccn(C)c3)CC2)o1. The second-order valence-corrected chi connectivity index (χ2v) is 7.70. The highest BCUT2D eigenvalue weighted by molar-refractivity contribution is 5.94. The van der Waals surface area contributed by atoms with Gasteiger partial charge < -0.3 is 19.2 Å². The third-order valence-electron chi connectivity index (χ3n) is 6.07. The van der Waals surface area contributed by atoms with Gasteiger partial charge in [-0.25, -0.2) is 0 Å². The van der Waals surface area contributed by atoms with Gasteiger partial charge in [0, 0.05) is 38.6 Å². The summed E-state index contributed by atoms with van der Waals surface area (Å²) in [5, 5.41) is 3.21. The van der Waals surface area contributed by atoms with Gasteiger partial charge in [0.1, 0.15) is 5.76 Å². The Bertz CT molecular complexity index is 827. The molecule has 1 aliphatic heterocycles. The average Bonchev–Trinajstić information content (AvgIpc) is 3.26. The molecular weight excluding hydrogens is 330 g/mol. The van der Waals surface area contributed by atoms with E-state index in [2.05, 4.69) is 5.32 Å². The van der Waals surface area contributed by atoms with Crippen LogP contribution in [0.4, 0.5) is 0 Å². The average molecular weight is 355 g/mol. The zero-order valence-corrected chi connectivity index (χ0v) is 15.3. The summed E-state index contributed by atoms with van der Waals surface area (Å²) in [6.45, 7) is 3.28. The van der Waals surface area contributed by atoms with E-state index in [9.17, 15) is 9.59 Å². The summed E-state index contributed by atoms with van der Waals surface area (Å²) >= 11 is 0. The minimum Gasteiger partial charge on any atom is -0.456 e. The van der Waals surface area contributed by atoms with Gasteiger partial charge in [0.25, 0.3) is 11.8 Å². The molecule has 2 aromatic heterocycles. The van der Waals surface area contributed by atoms with Crippen LogP contribution >= 0.6 is 0 Å². The molecule has 2 fully saturated rings. The quantitative estimate of drug-likeness (QED) is 0.920. The van der Waals surface area contributed by atoms with E-state index in [4.69, 9.17) is 4.42 Å². The van der Waals surface area contributed by atoms with Crippen molar-refractivity contribution in [2.75, 3.05) is 13.1 Å². The Kier molecular flexibility index (Phi) is 4.13. The zero-order valence-electron chi connectivity index (χ0n) is 15.3. The van der Waals surface area contributed by atoms with Gasteiger partial charge in [-0.3, -0.25) is 9.59 Å². The second kappa shape index (κ2) is 6.34. The molecular formula is C20H25N3O3. The molecule has 2 aromatic rings. The minimum atomic E-state index is -0.0304. The summed E-state index contributed by atoms with van der Waals surface area (Å²) < 4.78 is 7.35. The number of nitrogens with one attached hydrogen (secondary N) is 1. The van der Waals surface area contributed by atoms with Crippen molar-refractivity contribution in [2.45, 2.75) is 38.6 Å². The molecule has 0 aromatic carbocycles. The van der Waals surface area contributed by atoms with Gasteiger partial charge >= 0.3 is 0 Å².